The van der Waals surface area contributed by atoms with Gasteiger partial charge in [-0.05, 0) is 37.0 Å². The highest BCUT2D eigenvalue weighted by Crippen LogP contribution is 2.36. The molecule has 0 spiro atoms. The largest absolute Gasteiger partial charge is 0.384 e. The number of hydrogen-bond acceptors (Lipinski definition) is 3. The van der Waals surface area contributed by atoms with Gasteiger partial charge in [-0.1, -0.05) is 6.92 Å². The fourth-order valence-corrected chi connectivity index (χ4v) is 3.44. The zero-order valence-electron chi connectivity index (χ0n) is 11.6. The highest BCUT2D eigenvalue weighted by molar-refractivity contribution is 5.76. The summed E-state index contributed by atoms with van der Waals surface area (Å²) in [6, 6.07) is 0.355. The van der Waals surface area contributed by atoms with Crippen LogP contribution in [0.5, 0.6) is 0 Å². The van der Waals surface area contributed by atoms with E-state index in [-0.39, 0.29) is 0 Å². The number of methoxy groups -OCH3 is 1. The smallest absolute Gasteiger partial charge is 0.222 e. The van der Waals surface area contributed by atoms with Gasteiger partial charge in [-0.2, -0.15) is 0 Å². The van der Waals surface area contributed by atoms with Crippen LogP contribution in [0, 0.1) is 17.8 Å². The number of nitrogens with zero attached hydrogens (tertiary/aromatic N) is 1. The lowest BCUT2D eigenvalue weighted by atomic mass is 9.79. The van der Waals surface area contributed by atoms with Crippen LogP contribution in [0.2, 0.25) is 0 Å². The van der Waals surface area contributed by atoms with Crippen molar-refractivity contribution < 1.29 is 9.53 Å². The predicted octanol–water partition coefficient (Wildman–Crippen LogP) is 1.24. The molecule has 1 amide bonds. The third-order valence-electron chi connectivity index (χ3n) is 4.42. The second kappa shape index (κ2) is 6.02. The molecule has 1 heterocycles. The number of amides is 1. The summed E-state index contributed by atoms with van der Waals surface area (Å²) >= 11 is 0. The molecule has 4 nitrogen and oxygen atoms in total. The van der Waals surface area contributed by atoms with E-state index in [9.17, 15) is 4.79 Å². The summed E-state index contributed by atoms with van der Waals surface area (Å²) in [5.41, 5.74) is 6.01. The molecule has 0 bridgehead atoms. The maximum absolute atomic E-state index is 12.2. The zero-order valence-corrected chi connectivity index (χ0v) is 11.6. The van der Waals surface area contributed by atoms with Gasteiger partial charge in [0.15, 0.2) is 0 Å². The van der Waals surface area contributed by atoms with Crippen molar-refractivity contribution in [3.8, 4) is 0 Å². The average molecular weight is 254 g/mol. The predicted molar refractivity (Wildman–Crippen MR) is 71.0 cm³/mol. The molecule has 4 heteroatoms. The lowest BCUT2D eigenvalue weighted by Crippen LogP contribution is -2.32. The molecule has 1 saturated heterocycles. The molecule has 18 heavy (non-hydrogen) atoms. The Morgan fingerprint density at radius 1 is 1.39 bits per heavy atom. The molecule has 104 valence electrons. The van der Waals surface area contributed by atoms with Crippen LogP contribution >= 0.6 is 0 Å². The summed E-state index contributed by atoms with van der Waals surface area (Å²) in [6.07, 6.45) is 4.04. The van der Waals surface area contributed by atoms with Crippen LogP contribution in [0.1, 0.15) is 32.6 Å². The highest BCUT2D eigenvalue weighted by atomic mass is 16.5. The van der Waals surface area contributed by atoms with Crippen LogP contribution in [0.3, 0.4) is 0 Å². The van der Waals surface area contributed by atoms with Gasteiger partial charge >= 0.3 is 0 Å². The van der Waals surface area contributed by atoms with Gasteiger partial charge in [0.1, 0.15) is 0 Å². The van der Waals surface area contributed by atoms with E-state index in [4.69, 9.17) is 10.5 Å². The van der Waals surface area contributed by atoms with E-state index in [0.717, 1.165) is 25.9 Å². The van der Waals surface area contributed by atoms with Crippen molar-refractivity contribution in [2.45, 2.75) is 38.6 Å². The first-order valence-corrected chi connectivity index (χ1v) is 7.12. The first-order chi connectivity index (χ1) is 8.60. The van der Waals surface area contributed by atoms with E-state index in [1.807, 2.05) is 0 Å². The molecule has 0 radical (unpaired) electrons. The zero-order chi connectivity index (χ0) is 13.1. The van der Waals surface area contributed by atoms with Crippen LogP contribution in [0.25, 0.3) is 0 Å². The topological polar surface area (TPSA) is 55.6 Å². The minimum atomic E-state index is 0.294. The van der Waals surface area contributed by atoms with Gasteiger partial charge in [-0.15, -0.1) is 0 Å². The summed E-state index contributed by atoms with van der Waals surface area (Å²) in [5.74, 6) is 1.96. The van der Waals surface area contributed by atoms with Crippen LogP contribution in [0.4, 0.5) is 0 Å². The second-order valence-corrected chi connectivity index (χ2v) is 6.16. The molecule has 0 aromatic heterocycles. The number of hydrogen-bond donors (Lipinski definition) is 1. The number of rotatable bonds is 4. The third-order valence-corrected chi connectivity index (χ3v) is 4.42. The molecule has 2 aliphatic rings. The van der Waals surface area contributed by atoms with Gasteiger partial charge in [0.05, 0.1) is 0 Å². The SMILES string of the molecule is COCC(C)CC(=O)N1C[C@H]2CCC(N)C[C@H]2C1. The van der Waals surface area contributed by atoms with Gasteiger partial charge in [0.25, 0.3) is 0 Å². The molecule has 1 saturated carbocycles. The van der Waals surface area contributed by atoms with Crippen LogP contribution in [-0.4, -0.2) is 43.7 Å². The van der Waals surface area contributed by atoms with E-state index in [1.54, 1.807) is 7.11 Å². The van der Waals surface area contributed by atoms with Crippen molar-refractivity contribution >= 4 is 5.91 Å². The number of ether oxygens (including phenoxy) is 1. The maximum atomic E-state index is 12.2. The molecule has 2 N–H and O–H groups in total. The maximum Gasteiger partial charge on any atom is 0.222 e. The van der Waals surface area contributed by atoms with E-state index in [0.29, 0.717) is 42.7 Å². The average Bonchev–Trinajstić information content (AvgIpc) is 2.72. The van der Waals surface area contributed by atoms with Crippen molar-refractivity contribution in [3.63, 3.8) is 0 Å². The Balaban J connectivity index is 1.82. The standard InChI is InChI=1S/C14H26N2O2/c1-10(9-18-2)5-14(17)16-7-11-3-4-13(15)6-12(11)8-16/h10-13H,3-9,15H2,1-2H3/t10?,11-,12+,13?/m1/s1. The van der Waals surface area contributed by atoms with E-state index in [1.165, 1.54) is 6.42 Å². The first kappa shape index (κ1) is 13.8. The van der Waals surface area contributed by atoms with Crippen LogP contribution < -0.4 is 5.73 Å². The monoisotopic (exact) mass is 254 g/mol. The van der Waals surface area contributed by atoms with Crippen LogP contribution in [-0.2, 0) is 9.53 Å². The summed E-state index contributed by atoms with van der Waals surface area (Å²) in [7, 11) is 1.69. The third kappa shape index (κ3) is 3.23. The van der Waals surface area contributed by atoms with Gasteiger partial charge in [0.2, 0.25) is 5.91 Å². The summed E-state index contributed by atoms with van der Waals surface area (Å²) in [6.45, 7) is 4.62. The summed E-state index contributed by atoms with van der Waals surface area (Å²) < 4.78 is 5.09. The van der Waals surface area contributed by atoms with Crippen LogP contribution in [0.15, 0.2) is 0 Å². The van der Waals surface area contributed by atoms with Crippen molar-refractivity contribution in [1.82, 2.24) is 4.90 Å². The molecule has 2 rings (SSSR count). The molecule has 2 unspecified atom stereocenters. The van der Waals surface area contributed by atoms with Gasteiger partial charge < -0.3 is 15.4 Å². The minimum absolute atomic E-state index is 0.294. The van der Waals surface area contributed by atoms with Gasteiger partial charge in [-0.3, -0.25) is 4.79 Å². The lowest BCUT2D eigenvalue weighted by Gasteiger charge is -2.27. The van der Waals surface area contributed by atoms with Crippen molar-refractivity contribution in [2.75, 3.05) is 26.8 Å². The Morgan fingerprint density at radius 3 is 2.83 bits per heavy atom. The highest BCUT2D eigenvalue weighted by Gasteiger charge is 2.38. The molecule has 0 aromatic rings. The van der Waals surface area contributed by atoms with Crippen molar-refractivity contribution in [3.05, 3.63) is 0 Å². The van der Waals surface area contributed by atoms with E-state index >= 15 is 0 Å². The Labute approximate surface area is 110 Å². The molecule has 1 aliphatic heterocycles. The fourth-order valence-electron chi connectivity index (χ4n) is 3.44. The molecule has 0 aromatic carbocycles. The quantitative estimate of drug-likeness (QED) is 0.821. The molecular weight excluding hydrogens is 228 g/mol. The normalized spacial score (nSPS) is 33.3. The summed E-state index contributed by atoms with van der Waals surface area (Å²) in [4.78, 5) is 14.2. The molecular formula is C14H26N2O2. The fraction of sp³-hybridized carbons (Fsp3) is 0.929. The van der Waals surface area contributed by atoms with Gasteiger partial charge in [-0.25, -0.2) is 0 Å². The van der Waals surface area contributed by atoms with E-state index < -0.39 is 0 Å². The minimum Gasteiger partial charge on any atom is -0.384 e. The Hall–Kier alpha value is -0.610. The lowest BCUT2D eigenvalue weighted by molar-refractivity contribution is -0.131. The Kier molecular flexibility index (Phi) is 4.62. The van der Waals surface area contributed by atoms with Crippen molar-refractivity contribution in [1.29, 1.82) is 0 Å². The number of likely N-dealkylation sites (tertiary alicyclic amines) is 1. The van der Waals surface area contributed by atoms with E-state index in [2.05, 4.69) is 11.8 Å². The Bertz CT molecular complexity index is 296. The second-order valence-electron chi connectivity index (χ2n) is 6.16. The number of carbonyl (C=O) groups excluding carboxylic acids is 1. The number of nitrogens with two attached hydrogens (primary N) is 1. The molecule has 1 aliphatic carbocycles. The molecule has 2 fully saturated rings. The number of carbonyl (C=O) groups is 1. The molecule has 4 atom stereocenters. The first-order valence-electron chi connectivity index (χ1n) is 7.12. The summed E-state index contributed by atoms with van der Waals surface area (Å²) in [5, 5.41) is 0. The van der Waals surface area contributed by atoms with Gasteiger partial charge in [0, 0.05) is 39.3 Å². The number of fused-ring (bicyclic) bond motifs is 1. The van der Waals surface area contributed by atoms with Crippen molar-refractivity contribution in [2.24, 2.45) is 23.5 Å². The Morgan fingerprint density at radius 2 is 2.11 bits per heavy atom.